The van der Waals surface area contributed by atoms with Gasteiger partial charge in [-0.1, -0.05) is 23.7 Å². The lowest BCUT2D eigenvalue weighted by molar-refractivity contribution is 0.504. The zero-order valence-electron chi connectivity index (χ0n) is 9.99. The van der Waals surface area contributed by atoms with Gasteiger partial charge in [-0.25, -0.2) is 12.8 Å². The van der Waals surface area contributed by atoms with Crippen LogP contribution in [-0.2, 0) is 9.84 Å². The molecule has 0 heterocycles. The summed E-state index contributed by atoms with van der Waals surface area (Å²) in [6.45, 7) is 0. The number of benzene rings is 1. The number of hydrazine groups is 1. The lowest BCUT2D eigenvalue weighted by Gasteiger charge is -2.17. The van der Waals surface area contributed by atoms with Crippen molar-refractivity contribution < 1.29 is 12.8 Å². The molecule has 0 amide bonds. The maximum absolute atomic E-state index is 13.3. The summed E-state index contributed by atoms with van der Waals surface area (Å²) in [6, 6.07) is 4.10. The van der Waals surface area contributed by atoms with Crippen LogP contribution in [0.3, 0.4) is 0 Å². The summed E-state index contributed by atoms with van der Waals surface area (Å²) in [6.07, 6.45) is 2.07. The summed E-state index contributed by atoms with van der Waals surface area (Å²) in [4.78, 5) is 0. The molecule has 0 aromatic heterocycles. The molecule has 0 radical (unpaired) electrons. The molecule has 0 bridgehead atoms. The average molecular weight is 295 g/mol. The zero-order chi connectivity index (χ0) is 13.8. The van der Waals surface area contributed by atoms with Gasteiger partial charge in [0.1, 0.15) is 15.7 Å². The molecule has 1 rings (SSSR count). The predicted octanol–water partition coefficient (Wildman–Crippen LogP) is 1.81. The van der Waals surface area contributed by atoms with E-state index in [-0.39, 0.29) is 16.8 Å². The standard InChI is InChI=1S/C11H16ClFN2O2S/c1-18(16,17)7-3-6-10(15-14)8-4-2-5-9(13)11(8)12/h2,4-5,10,15H,3,6-7,14H2,1H3. The van der Waals surface area contributed by atoms with Crippen LogP contribution in [0.25, 0.3) is 0 Å². The molecular weight excluding hydrogens is 279 g/mol. The largest absolute Gasteiger partial charge is 0.271 e. The quantitative estimate of drug-likeness (QED) is 0.620. The van der Waals surface area contributed by atoms with Gasteiger partial charge in [0, 0.05) is 18.1 Å². The fourth-order valence-electron chi connectivity index (χ4n) is 1.67. The van der Waals surface area contributed by atoms with Crippen LogP contribution in [0, 0.1) is 5.82 Å². The Morgan fingerprint density at radius 1 is 1.50 bits per heavy atom. The summed E-state index contributed by atoms with van der Waals surface area (Å²) in [7, 11) is -3.00. The van der Waals surface area contributed by atoms with E-state index in [1.165, 1.54) is 18.4 Å². The second-order valence-corrected chi connectivity index (χ2v) is 6.77. The minimum atomic E-state index is -3.00. The van der Waals surface area contributed by atoms with Crippen LogP contribution in [0.4, 0.5) is 4.39 Å². The maximum Gasteiger partial charge on any atom is 0.147 e. The van der Waals surface area contributed by atoms with Crippen molar-refractivity contribution in [3.8, 4) is 0 Å². The van der Waals surface area contributed by atoms with Crippen LogP contribution in [0.2, 0.25) is 5.02 Å². The molecule has 0 saturated heterocycles. The normalized spacial score (nSPS) is 13.6. The van der Waals surface area contributed by atoms with Crippen molar-refractivity contribution in [2.75, 3.05) is 12.0 Å². The number of nitrogens with one attached hydrogen (secondary N) is 1. The Labute approximate surface area is 111 Å². The van der Waals surface area contributed by atoms with Crippen molar-refractivity contribution in [1.82, 2.24) is 5.43 Å². The molecule has 1 unspecified atom stereocenters. The van der Waals surface area contributed by atoms with Crippen molar-refractivity contribution in [1.29, 1.82) is 0 Å². The summed E-state index contributed by atoms with van der Waals surface area (Å²) in [5, 5.41) is 0.0137. The van der Waals surface area contributed by atoms with Gasteiger partial charge in [0.05, 0.1) is 5.02 Å². The van der Waals surface area contributed by atoms with E-state index in [1.54, 1.807) is 6.07 Å². The third-order valence-electron chi connectivity index (χ3n) is 2.57. The van der Waals surface area contributed by atoms with Gasteiger partial charge in [0.15, 0.2) is 0 Å². The van der Waals surface area contributed by atoms with Gasteiger partial charge in [-0.15, -0.1) is 0 Å². The van der Waals surface area contributed by atoms with E-state index in [1.807, 2.05) is 0 Å². The Bertz CT molecular complexity index is 508. The van der Waals surface area contributed by atoms with Gasteiger partial charge >= 0.3 is 0 Å². The number of nitrogens with two attached hydrogens (primary N) is 1. The lowest BCUT2D eigenvalue weighted by atomic mass is 10.0. The van der Waals surface area contributed by atoms with Crippen molar-refractivity contribution >= 4 is 21.4 Å². The minimum Gasteiger partial charge on any atom is -0.271 e. The molecule has 102 valence electrons. The van der Waals surface area contributed by atoms with Crippen LogP contribution < -0.4 is 11.3 Å². The Morgan fingerprint density at radius 2 is 2.17 bits per heavy atom. The van der Waals surface area contributed by atoms with Crippen molar-refractivity contribution in [2.45, 2.75) is 18.9 Å². The first kappa shape index (κ1) is 15.4. The third kappa shape index (κ3) is 4.53. The van der Waals surface area contributed by atoms with Gasteiger partial charge in [-0.05, 0) is 24.5 Å². The van der Waals surface area contributed by atoms with Gasteiger partial charge in [-0.2, -0.15) is 0 Å². The number of hydrogen-bond donors (Lipinski definition) is 2. The summed E-state index contributed by atoms with van der Waals surface area (Å²) in [5.74, 6) is 4.94. The van der Waals surface area contributed by atoms with Crippen LogP contribution in [0.5, 0.6) is 0 Å². The predicted molar refractivity (Wildman–Crippen MR) is 70.4 cm³/mol. The Hall–Kier alpha value is -0.690. The van der Waals surface area contributed by atoms with Crippen LogP contribution in [0.1, 0.15) is 24.4 Å². The van der Waals surface area contributed by atoms with Crippen molar-refractivity contribution in [2.24, 2.45) is 5.84 Å². The molecule has 18 heavy (non-hydrogen) atoms. The van der Waals surface area contributed by atoms with E-state index in [0.29, 0.717) is 18.4 Å². The van der Waals surface area contributed by atoms with E-state index in [4.69, 9.17) is 17.4 Å². The maximum atomic E-state index is 13.3. The topological polar surface area (TPSA) is 72.2 Å². The molecule has 7 heteroatoms. The Kier molecular flexibility index (Phi) is 5.52. The second-order valence-electron chi connectivity index (χ2n) is 4.13. The first-order chi connectivity index (χ1) is 8.35. The summed E-state index contributed by atoms with van der Waals surface area (Å²) in [5.41, 5.74) is 3.06. The van der Waals surface area contributed by atoms with E-state index in [0.717, 1.165) is 0 Å². The molecule has 0 aliphatic rings. The third-order valence-corrected chi connectivity index (χ3v) is 4.00. The number of halogens is 2. The molecule has 0 spiro atoms. The average Bonchev–Trinajstić information content (AvgIpc) is 2.27. The highest BCUT2D eigenvalue weighted by Crippen LogP contribution is 2.27. The molecule has 0 aliphatic carbocycles. The molecule has 3 N–H and O–H groups in total. The number of sulfone groups is 1. The van der Waals surface area contributed by atoms with Gasteiger partial charge in [-0.3, -0.25) is 11.3 Å². The molecule has 4 nitrogen and oxygen atoms in total. The highest BCUT2D eigenvalue weighted by Gasteiger charge is 2.16. The molecule has 0 saturated carbocycles. The van der Waals surface area contributed by atoms with Crippen LogP contribution in [-0.4, -0.2) is 20.4 Å². The molecule has 1 aromatic carbocycles. The fourth-order valence-corrected chi connectivity index (χ4v) is 2.62. The van der Waals surface area contributed by atoms with Crippen molar-refractivity contribution in [3.05, 3.63) is 34.6 Å². The Morgan fingerprint density at radius 3 is 2.72 bits per heavy atom. The van der Waals surface area contributed by atoms with Crippen molar-refractivity contribution in [3.63, 3.8) is 0 Å². The highest BCUT2D eigenvalue weighted by atomic mass is 35.5. The van der Waals surface area contributed by atoms with E-state index in [2.05, 4.69) is 5.43 Å². The first-order valence-corrected chi connectivity index (χ1v) is 7.86. The van der Waals surface area contributed by atoms with Crippen LogP contribution in [0.15, 0.2) is 18.2 Å². The highest BCUT2D eigenvalue weighted by molar-refractivity contribution is 7.90. The fraction of sp³-hybridized carbons (Fsp3) is 0.455. The monoisotopic (exact) mass is 294 g/mol. The molecule has 1 aromatic rings. The molecule has 0 fully saturated rings. The summed E-state index contributed by atoms with van der Waals surface area (Å²) >= 11 is 5.85. The van der Waals surface area contributed by atoms with E-state index >= 15 is 0 Å². The second kappa shape index (κ2) is 6.47. The Balaban J connectivity index is 2.75. The lowest BCUT2D eigenvalue weighted by Crippen LogP contribution is -2.28. The van der Waals surface area contributed by atoms with E-state index in [9.17, 15) is 12.8 Å². The van der Waals surface area contributed by atoms with Crippen LogP contribution >= 0.6 is 11.6 Å². The molecule has 1 atom stereocenters. The molecule has 0 aliphatic heterocycles. The molecular formula is C11H16ClFN2O2S. The van der Waals surface area contributed by atoms with Gasteiger partial charge in [0.2, 0.25) is 0 Å². The van der Waals surface area contributed by atoms with E-state index < -0.39 is 15.7 Å². The summed E-state index contributed by atoms with van der Waals surface area (Å²) < 4.78 is 35.3. The first-order valence-electron chi connectivity index (χ1n) is 5.43. The number of rotatable bonds is 6. The smallest absolute Gasteiger partial charge is 0.147 e. The van der Waals surface area contributed by atoms with Gasteiger partial charge < -0.3 is 0 Å². The zero-order valence-corrected chi connectivity index (χ0v) is 11.6. The SMILES string of the molecule is CS(=O)(=O)CCCC(NN)c1cccc(F)c1Cl. The minimum absolute atomic E-state index is 0.0137. The number of hydrogen-bond acceptors (Lipinski definition) is 4. The van der Waals surface area contributed by atoms with Gasteiger partial charge in [0.25, 0.3) is 0 Å².